The van der Waals surface area contributed by atoms with Crippen molar-refractivity contribution in [3.63, 3.8) is 0 Å². The number of halogens is 7. The van der Waals surface area contributed by atoms with E-state index in [9.17, 15) is 35.2 Å². The lowest BCUT2D eigenvalue weighted by Crippen LogP contribution is -2.51. The molecular formula is C23H19F7N4O5S. The van der Waals surface area contributed by atoms with E-state index in [0.29, 0.717) is 12.1 Å². The molecular weight excluding hydrogens is 577 g/mol. The van der Waals surface area contributed by atoms with Crippen LogP contribution in [0.5, 0.6) is 5.75 Å². The van der Waals surface area contributed by atoms with Gasteiger partial charge in [-0.05, 0) is 13.0 Å². The molecule has 0 unspecified atom stereocenters. The van der Waals surface area contributed by atoms with E-state index in [2.05, 4.69) is 9.89 Å². The number of aromatic nitrogens is 1. The van der Waals surface area contributed by atoms with Crippen molar-refractivity contribution in [2.24, 2.45) is 0 Å². The summed E-state index contributed by atoms with van der Waals surface area (Å²) in [7, 11) is -4.00. The van der Waals surface area contributed by atoms with E-state index in [4.69, 9.17) is 4.52 Å². The fraction of sp³-hybridized carbons (Fsp3) is 0.391. The molecule has 2 amide bonds. The Morgan fingerprint density at radius 3 is 2.42 bits per heavy atom. The first-order chi connectivity index (χ1) is 18.7. The number of nitrogens with zero attached hydrogens (tertiary/aromatic N) is 3. The van der Waals surface area contributed by atoms with Crippen LogP contribution in [0.25, 0.3) is 22.1 Å². The van der Waals surface area contributed by atoms with Gasteiger partial charge in [0.05, 0.1) is 23.2 Å². The van der Waals surface area contributed by atoms with Crippen LogP contribution in [0.4, 0.5) is 35.5 Å². The molecule has 2 aliphatic heterocycles. The molecule has 3 heterocycles. The molecule has 2 saturated heterocycles. The van der Waals surface area contributed by atoms with Crippen LogP contribution in [0.3, 0.4) is 0 Å². The lowest BCUT2D eigenvalue weighted by Gasteiger charge is -2.24. The lowest BCUT2D eigenvalue weighted by molar-refractivity contribution is -0.0497. The van der Waals surface area contributed by atoms with Crippen molar-refractivity contribution < 1.29 is 53.2 Å². The molecule has 1 N–H and O–H groups in total. The molecule has 2 aliphatic rings. The highest BCUT2D eigenvalue weighted by molar-refractivity contribution is 7.89. The smallest absolute Gasteiger partial charge is 0.387 e. The number of hydrogen-bond donors (Lipinski definition) is 1. The van der Waals surface area contributed by atoms with E-state index in [0.717, 1.165) is 21.9 Å². The molecule has 40 heavy (non-hydrogen) atoms. The fourth-order valence-electron chi connectivity index (χ4n) is 4.90. The summed E-state index contributed by atoms with van der Waals surface area (Å²) >= 11 is 0. The van der Waals surface area contributed by atoms with Gasteiger partial charge >= 0.3 is 12.6 Å². The van der Waals surface area contributed by atoms with E-state index in [1.165, 1.54) is 6.92 Å². The van der Waals surface area contributed by atoms with Crippen LogP contribution in [-0.2, 0) is 16.6 Å². The maximum absolute atomic E-state index is 15.1. The zero-order valence-corrected chi connectivity index (χ0v) is 21.1. The average molecular weight is 596 g/mol. The molecule has 3 aromatic rings. The van der Waals surface area contributed by atoms with Crippen molar-refractivity contribution in [1.29, 1.82) is 0 Å². The number of benzene rings is 2. The summed E-state index contributed by atoms with van der Waals surface area (Å²) in [4.78, 5) is 14.8. The summed E-state index contributed by atoms with van der Waals surface area (Å²) in [6, 6.07) is -1.91. The Hall–Kier alpha value is -3.60. The number of nitrogens with one attached hydrogen (secondary N) is 1. The maximum atomic E-state index is 15.1. The normalized spacial score (nSPS) is 20.7. The number of carbonyl (C=O) groups is 1. The van der Waals surface area contributed by atoms with Gasteiger partial charge in [0.15, 0.2) is 5.58 Å². The quantitative estimate of drug-likeness (QED) is 0.393. The van der Waals surface area contributed by atoms with Crippen LogP contribution in [0.1, 0.15) is 12.6 Å². The first-order valence-corrected chi connectivity index (χ1v) is 13.3. The number of carbonyl (C=O) groups excluding carboxylic acids is 1. The largest absolute Gasteiger partial charge is 0.435 e. The predicted octanol–water partition coefficient (Wildman–Crippen LogP) is 4.08. The van der Waals surface area contributed by atoms with Gasteiger partial charge in [0.25, 0.3) is 5.92 Å². The molecule has 5 rings (SSSR count). The second-order valence-corrected chi connectivity index (χ2v) is 11.2. The molecule has 216 valence electrons. The van der Waals surface area contributed by atoms with Gasteiger partial charge in [0.1, 0.15) is 41.0 Å². The van der Waals surface area contributed by atoms with Crippen molar-refractivity contribution in [3.8, 4) is 16.9 Å². The summed E-state index contributed by atoms with van der Waals surface area (Å²) in [5.41, 5.74) is -1.72. The lowest BCUT2D eigenvalue weighted by atomic mass is 9.98. The van der Waals surface area contributed by atoms with Crippen molar-refractivity contribution in [2.45, 2.75) is 38.1 Å². The Morgan fingerprint density at radius 1 is 1.15 bits per heavy atom. The molecule has 0 spiro atoms. The van der Waals surface area contributed by atoms with Gasteiger partial charge in [-0.15, -0.1) is 0 Å². The number of sulfonamides is 1. The van der Waals surface area contributed by atoms with E-state index in [1.807, 2.05) is 4.72 Å². The van der Waals surface area contributed by atoms with Gasteiger partial charge in [0, 0.05) is 36.9 Å². The minimum atomic E-state index is -4.00. The number of amides is 2. The first-order valence-electron chi connectivity index (χ1n) is 11.7. The zero-order valence-electron chi connectivity index (χ0n) is 20.3. The molecule has 1 aromatic heterocycles. The van der Waals surface area contributed by atoms with Gasteiger partial charge in [-0.2, -0.15) is 8.78 Å². The maximum Gasteiger partial charge on any atom is 0.387 e. The molecule has 2 atom stereocenters. The molecule has 2 aromatic carbocycles. The number of urea groups is 1. The number of hydrogen-bond acceptors (Lipinski definition) is 6. The predicted molar refractivity (Wildman–Crippen MR) is 124 cm³/mol. The van der Waals surface area contributed by atoms with E-state index in [1.54, 1.807) is 0 Å². The van der Waals surface area contributed by atoms with Crippen LogP contribution in [-0.4, -0.2) is 72.9 Å². The van der Waals surface area contributed by atoms with E-state index in [-0.39, 0.29) is 16.7 Å². The molecule has 0 saturated carbocycles. The minimum Gasteiger partial charge on any atom is -0.435 e. The molecule has 17 heteroatoms. The zero-order chi connectivity index (χ0) is 29.1. The number of rotatable bonds is 8. The monoisotopic (exact) mass is 596 g/mol. The Bertz CT molecular complexity index is 1580. The second-order valence-electron chi connectivity index (χ2n) is 9.18. The molecule has 0 radical (unpaired) electrons. The fourth-order valence-corrected chi connectivity index (χ4v) is 5.73. The van der Waals surface area contributed by atoms with Gasteiger partial charge in [0.2, 0.25) is 10.0 Å². The summed E-state index contributed by atoms with van der Waals surface area (Å²) < 4.78 is 134. The third-order valence-corrected chi connectivity index (χ3v) is 8.14. The summed E-state index contributed by atoms with van der Waals surface area (Å²) in [5, 5.41) is 3.59. The number of fused-ring (bicyclic) bond motifs is 2. The first kappa shape index (κ1) is 27.9. The van der Waals surface area contributed by atoms with Crippen LogP contribution >= 0.6 is 0 Å². The summed E-state index contributed by atoms with van der Waals surface area (Å²) in [6.07, 6.45) is 0. The summed E-state index contributed by atoms with van der Waals surface area (Å²) in [5.74, 6) is -8.67. The van der Waals surface area contributed by atoms with Crippen molar-refractivity contribution in [3.05, 3.63) is 47.4 Å². The number of ether oxygens (including phenoxy) is 1. The molecule has 9 nitrogen and oxygen atoms in total. The topological polar surface area (TPSA) is 105 Å². The molecule has 2 fully saturated rings. The van der Waals surface area contributed by atoms with Gasteiger partial charge in [-0.25, -0.2) is 39.9 Å². The second kappa shape index (κ2) is 9.79. The van der Waals surface area contributed by atoms with Crippen molar-refractivity contribution in [2.75, 3.05) is 18.8 Å². The average Bonchev–Trinajstić information content (AvgIpc) is 3.46. The van der Waals surface area contributed by atoms with Crippen molar-refractivity contribution >= 4 is 27.0 Å². The Morgan fingerprint density at radius 2 is 1.82 bits per heavy atom. The standard InChI is InChI=1S/C23H19F7N4O5S/c1-2-40(36,37)32-17-8-34-18(23(17,29)30)9-33(22(34)35)7-15-20-12(19-13(25)3-10(24)4-14(19)26)5-11(38-21(27)28)6-16(20)39-31-15/h3-6,17-18,21,32H,2,7-9H2,1H3/t17-,18-/m1/s1. The SMILES string of the molecule is CCS(=O)(=O)N[C@@H]1CN2C(=O)N(Cc3noc4cc(OC(F)F)cc(-c5c(F)cc(F)cc5F)c34)C[C@@H]2C1(F)F. The summed E-state index contributed by atoms with van der Waals surface area (Å²) in [6.45, 7) is -3.74. The van der Waals surface area contributed by atoms with Gasteiger partial charge in [-0.1, -0.05) is 5.16 Å². The van der Waals surface area contributed by atoms with Crippen LogP contribution < -0.4 is 9.46 Å². The van der Waals surface area contributed by atoms with Crippen LogP contribution in [0, 0.1) is 17.5 Å². The Kier molecular flexibility index (Phi) is 6.84. The number of alkyl halides is 4. The van der Waals surface area contributed by atoms with E-state index >= 15 is 8.78 Å². The highest BCUT2D eigenvalue weighted by Gasteiger charge is 2.62. The van der Waals surface area contributed by atoms with Crippen molar-refractivity contribution in [1.82, 2.24) is 19.7 Å². The Labute approximate surface area is 221 Å². The molecule has 0 bridgehead atoms. The van der Waals surface area contributed by atoms with E-state index < -0.39 is 100 Å². The van der Waals surface area contributed by atoms with Crippen LogP contribution in [0.15, 0.2) is 28.8 Å². The third-order valence-electron chi connectivity index (χ3n) is 6.74. The van der Waals surface area contributed by atoms with Gasteiger partial charge < -0.3 is 19.1 Å². The molecule has 0 aliphatic carbocycles. The van der Waals surface area contributed by atoms with Gasteiger partial charge in [-0.3, -0.25) is 0 Å². The highest BCUT2D eigenvalue weighted by Crippen LogP contribution is 2.42. The Balaban J connectivity index is 1.51. The van der Waals surface area contributed by atoms with Crippen LogP contribution in [0.2, 0.25) is 0 Å². The third kappa shape index (κ3) is 4.80. The minimum absolute atomic E-state index is 0.161. The highest BCUT2D eigenvalue weighted by atomic mass is 32.2.